The smallest absolute Gasteiger partial charge is 0 e. The predicted molar refractivity (Wildman–Crippen MR) is 95.4 cm³/mol. The van der Waals surface area contributed by atoms with Gasteiger partial charge in [0.25, 0.3) is 0 Å². The maximum absolute atomic E-state index is 11.1. The summed E-state index contributed by atoms with van der Waals surface area (Å²) in [5, 5.41) is 0. The van der Waals surface area contributed by atoms with Gasteiger partial charge in [-0.05, 0) is 18.1 Å². The van der Waals surface area contributed by atoms with Gasteiger partial charge in [-0.25, -0.2) is 0 Å². The molecule has 2 aromatic rings. The van der Waals surface area contributed by atoms with Crippen molar-refractivity contribution in [1.29, 1.82) is 0 Å². The summed E-state index contributed by atoms with van der Waals surface area (Å²) in [4.78, 5) is 11.1. The number of carbonyl (C=O) groups is 1. The van der Waals surface area contributed by atoms with Crippen LogP contribution in [0.2, 0.25) is 0 Å². The maximum atomic E-state index is 11.1. The monoisotopic (exact) mass is 434 g/mol. The quantitative estimate of drug-likeness (QED) is 0.376. The Morgan fingerprint density at radius 1 is 0.862 bits per heavy atom. The average Bonchev–Trinajstić information content (AvgIpc) is 2.80. The zero-order chi connectivity index (χ0) is 22.2. The molecule has 0 aliphatic heterocycles. The van der Waals surface area contributed by atoms with E-state index in [9.17, 15) is 4.79 Å². The molecule has 0 saturated heterocycles. The van der Waals surface area contributed by atoms with E-state index < -0.39 is 0 Å². The van der Waals surface area contributed by atoms with E-state index in [1.165, 1.54) is 6.92 Å². The summed E-state index contributed by atoms with van der Waals surface area (Å²) >= 11 is 0. The fourth-order valence-electron chi connectivity index (χ4n) is 1.89. The minimum absolute atomic E-state index is 0. The van der Waals surface area contributed by atoms with Gasteiger partial charge in [-0.3, -0.25) is 4.79 Å². The van der Waals surface area contributed by atoms with Crippen molar-refractivity contribution < 1.29 is 45.2 Å². The van der Waals surface area contributed by atoms with Crippen molar-refractivity contribution in [2.75, 3.05) is 0 Å². The van der Waals surface area contributed by atoms with Crippen molar-refractivity contribution in [2.45, 2.75) is 19.6 Å². The minimum atomic E-state index is -0.208. The summed E-state index contributed by atoms with van der Waals surface area (Å²) in [6.45, 7) is 20.1. The van der Waals surface area contributed by atoms with Crippen molar-refractivity contribution in [3.05, 3.63) is 111 Å². The van der Waals surface area contributed by atoms with E-state index in [2.05, 4.69) is 26.6 Å². The number of ketones is 1. The van der Waals surface area contributed by atoms with E-state index in [-0.39, 0.29) is 29.0 Å². The van der Waals surface area contributed by atoms with Crippen LogP contribution in [0.15, 0.2) is 60.7 Å². The van der Waals surface area contributed by atoms with E-state index in [0.29, 0.717) is 6.61 Å². The second-order valence-corrected chi connectivity index (χ2v) is 4.60. The number of ether oxygens (including phenoxy) is 1. The van der Waals surface area contributed by atoms with Crippen LogP contribution < -0.4 is 0 Å². The first-order valence-corrected chi connectivity index (χ1v) is 7.46. The molecule has 0 fully saturated rings. The summed E-state index contributed by atoms with van der Waals surface area (Å²) in [5.41, 5.74) is 2.16. The molecule has 0 bridgehead atoms. The molecule has 0 aliphatic rings. The summed E-state index contributed by atoms with van der Waals surface area (Å²) < 4.78 is 35.9. The number of hydrogen-bond donors (Lipinski definition) is 0. The van der Waals surface area contributed by atoms with Gasteiger partial charge < -0.3 is 4.74 Å². The molecule has 0 aromatic heterocycles. The van der Waals surface area contributed by atoms with Crippen LogP contribution in [0, 0.1) is 39.4 Å². The van der Waals surface area contributed by atoms with E-state index >= 15 is 0 Å². The van der Waals surface area contributed by atoms with Crippen LogP contribution in [0.4, 0.5) is 0 Å². The van der Waals surface area contributed by atoms with Gasteiger partial charge in [-0.15, -0.1) is 0 Å². The van der Waals surface area contributed by atoms with Gasteiger partial charge in [0.1, 0.15) is 5.78 Å². The van der Waals surface area contributed by atoms with Crippen molar-refractivity contribution in [3.8, 4) is 0 Å². The van der Waals surface area contributed by atoms with Crippen LogP contribution in [0.5, 0.6) is 0 Å². The molecule has 2 aromatic carbocycles. The molecule has 0 saturated carbocycles. The van der Waals surface area contributed by atoms with Gasteiger partial charge in [-0.2, -0.15) is 0 Å². The number of Topliss-reactive ketones (excluding diaryl/α,β-unsaturated/α-hetero) is 1. The van der Waals surface area contributed by atoms with E-state index in [4.69, 9.17) is 23.3 Å². The zero-order valence-electron chi connectivity index (χ0n) is 15.5. The van der Waals surface area contributed by atoms with Crippen LogP contribution in [0.3, 0.4) is 0 Å². The molecule has 2 rings (SSSR count). The zero-order valence-corrected chi connectivity index (χ0v) is 16.6. The van der Waals surface area contributed by atoms with E-state index in [0.717, 1.165) is 11.1 Å². The second-order valence-electron chi connectivity index (χ2n) is 4.60. The van der Waals surface area contributed by atoms with Crippen LogP contribution in [-0.4, -0.2) is 5.78 Å². The van der Waals surface area contributed by atoms with E-state index in [1.54, 1.807) is 12.8 Å². The average molecular weight is 434 g/mol. The first kappa shape index (κ1) is 34.1. The Bertz CT molecular complexity index is 669. The molecule has 0 heterocycles. The predicted octanol–water partition coefficient (Wildman–Crippen LogP) is 3.79. The second kappa shape index (κ2) is 27.8. The standard InChI is InChI=1S/C18H18O2.4CO.Fe/c1-15(19)12-13-18(17-10-6-3-7-11-17)20-14-16-8-4-2-5-9-16;4*1-2;/h2-13,18H,14H2,1H3;;;;;. The number of benzene rings is 2. The molecule has 0 aliphatic carbocycles. The summed E-state index contributed by atoms with van der Waals surface area (Å²) in [7, 11) is 0. The molecule has 6 nitrogen and oxygen atoms in total. The van der Waals surface area contributed by atoms with Gasteiger partial charge >= 0.3 is 45.2 Å². The Morgan fingerprint density at radius 2 is 1.28 bits per heavy atom. The van der Waals surface area contributed by atoms with Crippen LogP contribution in [-0.2, 0) is 51.8 Å². The molecular formula is C22H18FeO6. The largest absolute Gasteiger partial charge is 0 e. The molecule has 0 amide bonds. The summed E-state index contributed by atoms with van der Waals surface area (Å²) in [6.07, 6.45) is 3.16. The number of rotatable bonds is 7. The molecule has 1 unspecified atom stereocenters. The van der Waals surface area contributed by atoms with E-state index in [1.807, 2.05) is 60.7 Å². The molecular weight excluding hydrogens is 416 g/mol. The SMILES string of the molecule is CC(=O)[CH][CH]C(OCc1ccccc1)c1ccccc1.[C-]#[O+].[C-]#[O+].[C-]#[O+].[C-]#[O+].[Fe]. The van der Waals surface area contributed by atoms with Crippen LogP contribution >= 0.6 is 0 Å². The molecule has 1 atom stereocenters. The third-order valence-corrected chi connectivity index (χ3v) is 2.91. The van der Waals surface area contributed by atoms with Crippen molar-refractivity contribution in [1.82, 2.24) is 0 Å². The molecule has 150 valence electrons. The Hall–Kier alpha value is -2.45. The molecule has 0 spiro atoms. The van der Waals surface area contributed by atoms with Gasteiger partial charge in [-0.1, -0.05) is 60.7 Å². The molecule has 2 radical (unpaired) electrons. The third-order valence-electron chi connectivity index (χ3n) is 2.91. The molecule has 7 heteroatoms. The third kappa shape index (κ3) is 18.7. The minimum Gasteiger partial charge on any atom is 0 e. The molecule has 29 heavy (non-hydrogen) atoms. The van der Waals surface area contributed by atoms with Crippen LogP contribution in [0.25, 0.3) is 0 Å². The van der Waals surface area contributed by atoms with Crippen molar-refractivity contribution >= 4 is 5.78 Å². The normalized spacial score (nSPS) is 8.59. The fourth-order valence-corrected chi connectivity index (χ4v) is 1.89. The fraction of sp³-hybridized carbons (Fsp3) is 0.136. The number of carbonyl (C=O) groups excluding carboxylic acids is 1. The van der Waals surface area contributed by atoms with Crippen LogP contribution in [0.1, 0.15) is 24.2 Å². The Labute approximate surface area is 182 Å². The Morgan fingerprint density at radius 3 is 1.69 bits per heavy atom. The Balaban J connectivity index is -0.000000310. The first-order valence-electron chi connectivity index (χ1n) is 7.46. The molecule has 0 N–H and O–H groups in total. The van der Waals surface area contributed by atoms with Gasteiger partial charge in [0.2, 0.25) is 0 Å². The summed E-state index contributed by atoms with van der Waals surface area (Å²) in [6, 6.07) is 19.9. The summed E-state index contributed by atoms with van der Waals surface area (Å²) in [5.74, 6) is 0.0224. The van der Waals surface area contributed by atoms with Crippen molar-refractivity contribution in [2.24, 2.45) is 0 Å². The first-order chi connectivity index (χ1) is 13.8. The van der Waals surface area contributed by atoms with Gasteiger partial charge in [0.15, 0.2) is 0 Å². The van der Waals surface area contributed by atoms with Gasteiger partial charge in [0.05, 0.1) is 12.7 Å². The van der Waals surface area contributed by atoms with Gasteiger partial charge in [0, 0.05) is 29.9 Å². The topological polar surface area (TPSA) is 106 Å². The maximum Gasteiger partial charge on any atom is 0 e. The Kier molecular flexibility index (Phi) is 32.6. The number of hydrogen-bond acceptors (Lipinski definition) is 2. The van der Waals surface area contributed by atoms with Crippen molar-refractivity contribution in [3.63, 3.8) is 0 Å².